The molecule has 0 aliphatic rings. The largest absolute Gasteiger partial charge is 0.389 e. The minimum absolute atomic E-state index is 0.00780. The number of amides is 1. The maximum Gasteiger partial charge on any atom is 0.239 e. The molecule has 5 heteroatoms. The number of rotatable bonds is 5. The number of nitrogens with zero attached hydrogens (tertiary/aromatic N) is 1. The van der Waals surface area contributed by atoms with Crippen LogP contribution in [0.4, 0.5) is 5.69 Å². The number of carbonyl (C=O) groups excluding carboxylic acids is 1. The quantitative estimate of drug-likeness (QED) is 0.763. The normalized spacial score (nSPS) is 9.76. The molecule has 0 fully saturated rings. The maximum absolute atomic E-state index is 11.4. The van der Waals surface area contributed by atoms with Crippen molar-refractivity contribution in [1.29, 1.82) is 0 Å². The average molecular weight is 251 g/mol. The van der Waals surface area contributed by atoms with Crippen molar-refractivity contribution in [3.8, 4) is 0 Å². The number of nitrogens with two attached hydrogens (primary N) is 1. The van der Waals surface area contributed by atoms with Gasteiger partial charge in [0.15, 0.2) is 0 Å². The van der Waals surface area contributed by atoms with Gasteiger partial charge in [0.2, 0.25) is 5.91 Å². The number of benzene rings is 1. The summed E-state index contributed by atoms with van der Waals surface area (Å²) in [5.41, 5.74) is 7.30. The van der Waals surface area contributed by atoms with Crippen LogP contribution in [-0.2, 0) is 4.79 Å². The molecule has 17 heavy (non-hydrogen) atoms. The van der Waals surface area contributed by atoms with Gasteiger partial charge in [0.25, 0.3) is 0 Å². The predicted octanol–water partition coefficient (Wildman–Crippen LogP) is 0.893. The fourth-order valence-electron chi connectivity index (χ4n) is 1.44. The van der Waals surface area contributed by atoms with Gasteiger partial charge in [-0.3, -0.25) is 4.79 Å². The molecule has 1 rings (SSSR count). The highest BCUT2D eigenvalue weighted by Gasteiger charge is 2.06. The molecule has 0 unspecified atom stereocenters. The fraction of sp³-hybridized carbons (Fsp3) is 0.333. The van der Waals surface area contributed by atoms with Crippen LogP contribution in [0.5, 0.6) is 0 Å². The molecule has 0 aromatic heterocycles. The van der Waals surface area contributed by atoms with E-state index in [9.17, 15) is 4.79 Å². The highest BCUT2D eigenvalue weighted by Crippen LogP contribution is 2.13. The van der Waals surface area contributed by atoms with E-state index in [1.54, 1.807) is 0 Å². The molecule has 0 spiro atoms. The lowest BCUT2D eigenvalue weighted by molar-refractivity contribution is -0.119. The Morgan fingerprint density at radius 3 is 2.47 bits per heavy atom. The molecule has 0 aliphatic carbocycles. The standard InChI is InChI=1S/C12H17N3OS/c1-3-14-11(16)8-15(2)10-6-4-9(5-7-10)12(13)17/h4-7H,3,8H2,1-2H3,(H2,13,17)(H,14,16). The third kappa shape index (κ3) is 4.03. The number of thiocarbonyl (C=S) groups is 1. The summed E-state index contributed by atoms with van der Waals surface area (Å²) in [6, 6.07) is 7.50. The first-order valence-corrected chi connectivity index (χ1v) is 5.83. The van der Waals surface area contributed by atoms with Crippen molar-refractivity contribution < 1.29 is 4.79 Å². The third-order valence-electron chi connectivity index (χ3n) is 2.35. The number of nitrogens with one attached hydrogen (secondary N) is 1. The summed E-state index contributed by atoms with van der Waals surface area (Å²) in [6.07, 6.45) is 0. The summed E-state index contributed by atoms with van der Waals surface area (Å²) < 4.78 is 0. The smallest absolute Gasteiger partial charge is 0.239 e. The van der Waals surface area contributed by atoms with E-state index >= 15 is 0 Å². The highest BCUT2D eigenvalue weighted by molar-refractivity contribution is 7.80. The van der Waals surface area contributed by atoms with Crippen molar-refractivity contribution in [2.45, 2.75) is 6.92 Å². The van der Waals surface area contributed by atoms with Gasteiger partial charge in [-0.25, -0.2) is 0 Å². The Labute approximate surface area is 107 Å². The van der Waals surface area contributed by atoms with Gasteiger partial charge in [0.1, 0.15) is 4.99 Å². The molecule has 0 atom stereocenters. The molecule has 4 nitrogen and oxygen atoms in total. The van der Waals surface area contributed by atoms with E-state index in [2.05, 4.69) is 5.32 Å². The first kappa shape index (κ1) is 13.4. The van der Waals surface area contributed by atoms with Gasteiger partial charge in [0, 0.05) is 24.8 Å². The Morgan fingerprint density at radius 1 is 1.41 bits per heavy atom. The zero-order valence-electron chi connectivity index (χ0n) is 10.1. The Bertz CT molecular complexity index is 403. The first-order chi connectivity index (χ1) is 8.04. The fourth-order valence-corrected chi connectivity index (χ4v) is 1.58. The van der Waals surface area contributed by atoms with Crippen LogP contribution >= 0.6 is 12.2 Å². The number of likely N-dealkylation sites (N-methyl/N-ethyl adjacent to an activating group) is 2. The SMILES string of the molecule is CCNC(=O)CN(C)c1ccc(C(N)=S)cc1. The predicted molar refractivity (Wildman–Crippen MR) is 74.3 cm³/mol. The van der Waals surface area contributed by atoms with E-state index in [-0.39, 0.29) is 5.91 Å². The van der Waals surface area contributed by atoms with E-state index < -0.39 is 0 Å². The lowest BCUT2D eigenvalue weighted by atomic mass is 10.2. The zero-order chi connectivity index (χ0) is 12.8. The molecule has 0 aliphatic heterocycles. The summed E-state index contributed by atoms with van der Waals surface area (Å²) >= 11 is 4.88. The second kappa shape index (κ2) is 6.20. The van der Waals surface area contributed by atoms with E-state index in [1.807, 2.05) is 43.1 Å². The third-order valence-corrected chi connectivity index (χ3v) is 2.58. The van der Waals surface area contributed by atoms with Gasteiger partial charge in [0.05, 0.1) is 6.54 Å². The molecule has 1 amide bonds. The first-order valence-electron chi connectivity index (χ1n) is 5.42. The number of hydrogen-bond acceptors (Lipinski definition) is 3. The van der Waals surface area contributed by atoms with Crippen LogP contribution in [0.2, 0.25) is 0 Å². The highest BCUT2D eigenvalue weighted by atomic mass is 32.1. The number of carbonyl (C=O) groups is 1. The average Bonchev–Trinajstić information content (AvgIpc) is 2.29. The van der Waals surface area contributed by atoms with Crippen LogP contribution in [0.1, 0.15) is 12.5 Å². The summed E-state index contributed by atoms with van der Waals surface area (Å²) in [7, 11) is 1.87. The Kier molecular flexibility index (Phi) is 4.90. The van der Waals surface area contributed by atoms with Crippen molar-refractivity contribution >= 4 is 28.8 Å². The lowest BCUT2D eigenvalue weighted by Gasteiger charge is -2.18. The molecule has 0 radical (unpaired) electrons. The van der Waals surface area contributed by atoms with E-state index in [0.717, 1.165) is 11.3 Å². The molecule has 3 N–H and O–H groups in total. The molecule has 0 saturated carbocycles. The van der Waals surface area contributed by atoms with Crippen LogP contribution in [0, 0.1) is 0 Å². The van der Waals surface area contributed by atoms with Gasteiger partial charge >= 0.3 is 0 Å². The monoisotopic (exact) mass is 251 g/mol. The van der Waals surface area contributed by atoms with E-state index in [0.29, 0.717) is 18.1 Å². The summed E-state index contributed by atoms with van der Waals surface area (Å²) in [5, 5.41) is 2.75. The molecule has 1 aromatic carbocycles. The molecule has 0 bridgehead atoms. The molecule has 92 valence electrons. The van der Waals surface area contributed by atoms with E-state index in [4.69, 9.17) is 18.0 Å². The van der Waals surface area contributed by atoms with Gasteiger partial charge in [-0.1, -0.05) is 12.2 Å². The Balaban J connectivity index is 2.66. The molecule has 0 heterocycles. The van der Waals surface area contributed by atoms with Crippen molar-refractivity contribution in [2.24, 2.45) is 5.73 Å². The molecular formula is C12H17N3OS. The molecule has 1 aromatic rings. The molecular weight excluding hydrogens is 234 g/mol. The van der Waals surface area contributed by atoms with Crippen LogP contribution in [0.3, 0.4) is 0 Å². The van der Waals surface area contributed by atoms with Gasteiger partial charge in [-0.15, -0.1) is 0 Å². The van der Waals surface area contributed by atoms with Crippen LogP contribution in [0.25, 0.3) is 0 Å². The topological polar surface area (TPSA) is 58.4 Å². The van der Waals surface area contributed by atoms with Gasteiger partial charge < -0.3 is 16.0 Å². The van der Waals surface area contributed by atoms with Crippen LogP contribution < -0.4 is 16.0 Å². The number of hydrogen-bond donors (Lipinski definition) is 2. The zero-order valence-corrected chi connectivity index (χ0v) is 10.9. The van der Waals surface area contributed by atoms with Gasteiger partial charge in [-0.2, -0.15) is 0 Å². The lowest BCUT2D eigenvalue weighted by Crippen LogP contribution is -2.34. The summed E-state index contributed by atoms with van der Waals surface area (Å²) in [5.74, 6) is 0.00780. The molecule has 0 saturated heterocycles. The second-order valence-corrected chi connectivity index (χ2v) is 4.16. The minimum atomic E-state index is 0.00780. The van der Waals surface area contributed by atoms with E-state index in [1.165, 1.54) is 0 Å². The van der Waals surface area contributed by atoms with Crippen LogP contribution in [-0.4, -0.2) is 31.0 Å². The number of anilines is 1. The van der Waals surface area contributed by atoms with Crippen molar-refractivity contribution in [3.63, 3.8) is 0 Å². The summed E-state index contributed by atoms with van der Waals surface area (Å²) in [6.45, 7) is 2.88. The van der Waals surface area contributed by atoms with Gasteiger partial charge in [-0.05, 0) is 31.2 Å². The maximum atomic E-state index is 11.4. The Hall–Kier alpha value is -1.62. The van der Waals surface area contributed by atoms with Crippen molar-refractivity contribution in [3.05, 3.63) is 29.8 Å². The van der Waals surface area contributed by atoms with Crippen LogP contribution in [0.15, 0.2) is 24.3 Å². The second-order valence-electron chi connectivity index (χ2n) is 3.72. The van der Waals surface area contributed by atoms with Crippen molar-refractivity contribution in [1.82, 2.24) is 5.32 Å². The Morgan fingerprint density at radius 2 is 2.00 bits per heavy atom. The minimum Gasteiger partial charge on any atom is -0.389 e. The van der Waals surface area contributed by atoms with Crippen molar-refractivity contribution in [2.75, 3.05) is 25.0 Å². The summed E-state index contributed by atoms with van der Waals surface area (Å²) in [4.78, 5) is 13.7.